The second kappa shape index (κ2) is 4.14. The molecule has 0 radical (unpaired) electrons. The number of carbonyl (C=O) groups is 1. The molecule has 1 heteroatoms. The molecule has 0 fully saturated rings. The van der Waals surface area contributed by atoms with Crippen molar-refractivity contribution in [2.45, 2.75) is 13.3 Å². The van der Waals surface area contributed by atoms with E-state index in [4.69, 9.17) is 0 Å². The summed E-state index contributed by atoms with van der Waals surface area (Å²) in [7, 11) is 0. The molecule has 42 valence electrons. The van der Waals surface area contributed by atoms with E-state index < -0.39 is 0 Å². The van der Waals surface area contributed by atoms with Crippen LogP contribution in [0, 0.1) is 0 Å². The Morgan fingerprint density at radius 1 is 1.88 bits per heavy atom. The molecule has 0 spiro atoms. The van der Waals surface area contributed by atoms with Crippen LogP contribution in [0.1, 0.15) is 13.3 Å². The summed E-state index contributed by atoms with van der Waals surface area (Å²) in [5.74, 6) is 0.132. The summed E-state index contributed by atoms with van der Waals surface area (Å²) in [5, 5.41) is 0. The van der Waals surface area contributed by atoms with Crippen LogP contribution in [-0.4, -0.2) is 5.78 Å². The molecule has 0 aliphatic heterocycles. The van der Waals surface area contributed by atoms with Crippen LogP contribution in [-0.2, 0) is 4.79 Å². The average molecular weight is 108 g/mol. The molecule has 0 aliphatic rings. The molecule has 0 amide bonds. The molecular weight excluding hydrogens is 100 g/mol. The van der Waals surface area contributed by atoms with Gasteiger partial charge in [-0.15, -0.1) is 0 Å². The van der Waals surface area contributed by atoms with E-state index in [0.29, 0.717) is 6.42 Å². The first-order valence-electron chi connectivity index (χ1n) is 2.36. The van der Waals surface area contributed by atoms with Crippen molar-refractivity contribution in [3.05, 3.63) is 24.1 Å². The highest BCUT2D eigenvalue weighted by molar-refractivity contribution is 5.76. The molecule has 0 atom stereocenters. The number of ketones is 1. The van der Waals surface area contributed by atoms with Crippen molar-refractivity contribution in [2.24, 2.45) is 0 Å². The monoisotopic (exact) mass is 108 g/mol. The van der Waals surface area contributed by atoms with Gasteiger partial charge in [-0.25, -0.2) is 0 Å². The third-order valence-electron chi connectivity index (χ3n) is 0.594. The van der Waals surface area contributed by atoms with Crippen LogP contribution in [0.15, 0.2) is 24.1 Å². The van der Waals surface area contributed by atoms with E-state index >= 15 is 0 Å². The Morgan fingerprint density at radius 2 is 2.50 bits per heavy atom. The SMILES string of the molecule is C=C=C=CCC(C)=O. The fraction of sp³-hybridized carbons (Fsp3) is 0.286. The van der Waals surface area contributed by atoms with Crippen LogP contribution in [0.5, 0.6) is 0 Å². The van der Waals surface area contributed by atoms with E-state index in [1.807, 2.05) is 0 Å². The highest BCUT2D eigenvalue weighted by Crippen LogP contribution is 1.79. The molecule has 0 rings (SSSR count). The molecule has 0 saturated carbocycles. The van der Waals surface area contributed by atoms with Gasteiger partial charge >= 0.3 is 0 Å². The Balaban J connectivity index is 3.61. The van der Waals surface area contributed by atoms with Crippen LogP contribution >= 0.6 is 0 Å². The lowest BCUT2D eigenvalue weighted by Gasteiger charge is -1.75. The smallest absolute Gasteiger partial charge is 0.134 e. The van der Waals surface area contributed by atoms with Gasteiger partial charge in [0.15, 0.2) is 0 Å². The normalized spacial score (nSPS) is 6.62. The number of carbonyl (C=O) groups excluding carboxylic acids is 1. The third-order valence-corrected chi connectivity index (χ3v) is 0.594. The number of hydrogen-bond donors (Lipinski definition) is 0. The van der Waals surface area contributed by atoms with Crippen molar-refractivity contribution in [3.8, 4) is 0 Å². The molecule has 0 heterocycles. The predicted molar refractivity (Wildman–Crippen MR) is 32.5 cm³/mol. The summed E-state index contributed by atoms with van der Waals surface area (Å²) >= 11 is 0. The molecule has 0 aromatic carbocycles. The van der Waals surface area contributed by atoms with Gasteiger partial charge in [0.1, 0.15) is 5.78 Å². The third kappa shape index (κ3) is 4.97. The molecule has 0 aromatic rings. The molecule has 0 saturated heterocycles. The number of allylic oxidation sites excluding steroid dienone is 1. The maximum Gasteiger partial charge on any atom is 0.134 e. The maximum absolute atomic E-state index is 10.2. The van der Waals surface area contributed by atoms with Gasteiger partial charge in [-0.3, -0.25) is 4.79 Å². The zero-order valence-electron chi connectivity index (χ0n) is 4.90. The molecule has 1 nitrogen and oxygen atoms in total. The second-order valence-electron chi connectivity index (χ2n) is 1.43. The first-order chi connectivity index (χ1) is 3.77. The summed E-state index contributed by atoms with van der Waals surface area (Å²) in [4.78, 5) is 10.2. The zero-order chi connectivity index (χ0) is 6.41. The summed E-state index contributed by atoms with van der Waals surface area (Å²) in [6.07, 6.45) is 2.04. The molecule has 0 aliphatic carbocycles. The summed E-state index contributed by atoms with van der Waals surface area (Å²) < 4.78 is 0. The standard InChI is InChI=1S/C7H8O/c1-3-4-5-6-7(2)8/h5H,1,6H2,2H3. The van der Waals surface area contributed by atoms with Crippen LogP contribution in [0.2, 0.25) is 0 Å². The minimum absolute atomic E-state index is 0.132. The number of Topliss-reactive ketones (excluding diaryl/α,β-unsaturated/α-hetero) is 1. The summed E-state index contributed by atoms with van der Waals surface area (Å²) in [5.41, 5.74) is 4.99. The molecule has 0 unspecified atom stereocenters. The minimum Gasteiger partial charge on any atom is -0.300 e. The van der Waals surface area contributed by atoms with E-state index in [-0.39, 0.29) is 5.78 Å². The van der Waals surface area contributed by atoms with Crippen LogP contribution < -0.4 is 0 Å². The van der Waals surface area contributed by atoms with E-state index in [1.54, 1.807) is 6.08 Å². The molecule has 8 heavy (non-hydrogen) atoms. The number of rotatable bonds is 2. The van der Waals surface area contributed by atoms with Crippen LogP contribution in [0.4, 0.5) is 0 Å². The average Bonchev–Trinajstić information content (AvgIpc) is 1.66. The fourth-order valence-corrected chi connectivity index (χ4v) is 0.267. The maximum atomic E-state index is 10.2. The molecule has 0 bridgehead atoms. The van der Waals surface area contributed by atoms with Crippen LogP contribution in [0.3, 0.4) is 0 Å². The Morgan fingerprint density at radius 3 is 2.88 bits per heavy atom. The Kier molecular flexibility index (Phi) is 3.60. The van der Waals surface area contributed by atoms with E-state index in [9.17, 15) is 4.79 Å². The van der Waals surface area contributed by atoms with E-state index in [2.05, 4.69) is 18.0 Å². The van der Waals surface area contributed by atoms with E-state index in [1.165, 1.54) is 6.92 Å². The Bertz CT molecular complexity index is 155. The summed E-state index contributed by atoms with van der Waals surface area (Å²) in [6.45, 7) is 4.81. The lowest BCUT2D eigenvalue weighted by atomic mass is 10.3. The van der Waals surface area contributed by atoms with E-state index in [0.717, 1.165) is 0 Å². The highest BCUT2D eigenvalue weighted by Gasteiger charge is 1.81. The van der Waals surface area contributed by atoms with Crippen molar-refractivity contribution < 1.29 is 4.79 Å². The predicted octanol–water partition coefficient (Wildman–Crippen LogP) is 1.46. The minimum atomic E-state index is 0.132. The second-order valence-corrected chi connectivity index (χ2v) is 1.43. The van der Waals surface area contributed by atoms with Gasteiger partial charge in [0.05, 0.1) is 0 Å². The molecular formula is C7H8O. The lowest BCUT2D eigenvalue weighted by Crippen LogP contribution is -1.82. The highest BCUT2D eigenvalue weighted by atomic mass is 16.1. The van der Waals surface area contributed by atoms with Crippen molar-refractivity contribution >= 4 is 5.78 Å². The van der Waals surface area contributed by atoms with Gasteiger partial charge in [0.25, 0.3) is 0 Å². The molecule has 0 N–H and O–H groups in total. The van der Waals surface area contributed by atoms with Crippen molar-refractivity contribution in [1.82, 2.24) is 0 Å². The van der Waals surface area contributed by atoms with Gasteiger partial charge in [-0.05, 0) is 19.6 Å². The van der Waals surface area contributed by atoms with Crippen molar-refractivity contribution in [3.63, 3.8) is 0 Å². The quantitative estimate of drug-likeness (QED) is 0.489. The summed E-state index contributed by atoms with van der Waals surface area (Å²) in [6, 6.07) is 0. The number of hydrogen-bond acceptors (Lipinski definition) is 1. The Labute approximate surface area is 49.0 Å². The molecule has 0 aromatic heterocycles. The van der Waals surface area contributed by atoms with Gasteiger partial charge in [0, 0.05) is 6.42 Å². The van der Waals surface area contributed by atoms with Gasteiger partial charge in [-0.2, -0.15) is 0 Å². The van der Waals surface area contributed by atoms with Crippen molar-refractivity contribution in [2.75, 3.05) is 0 Å². The fourth-order valence-electron chi connectivity index (χ4n) is 0.267. The van der Waals surface area contributed by atoms with Gasteiger partial charge in [0.2, 0.25) is 0 Å². The van der Waals surface area contributed by atoms with Gasteiger partial charge in [-0.1, -0.05) is 11.5 Å². The zero-order valence-corrected chi connectivity index (χ0v) is 4.90. The first-order valence-corrected chi connectivity index (χ1v) is 2.36. The first kappa shape index (κ1) is 6.97. The Hall–Kier alpha value is -1.03. The van der Waals surface area contributed by atoms with Crippen molar-refractivity contribution in [1.29, 1.82) is 0 Å². The van der Waals surface area contributed by atoms with Crippen LogP contribution in [0.25, 0.3) is 0 Å². The largest absolute Gasteiger partial charge is 0.300 e. The lowest BCUT2D eigenvalue weighted by molar-refractivity contribution is -0.116. The topological polar surface area (TPSA) is 17.1 Å². The van der Waals surface area contributed by atoms with Gasteiger partial charge < -0.3 is 0 Å².